The van der Waals surface area contributed by atoms with E-state index in [9.17, 15) is 9.59 Å². The van der Waals surface area contributed by atoms with E-state index in [2.05, 4.69) is 24.4 Å². The summed E-state index contributed by atoms with van der Waals surface area (Å²) in [4.78, 5) is 23.8. The lowest BCUT2D eigenvalue weighted by Gasteiger charge is -2.16. The molecule has 0 aliphatic heterocycles. The highest BCUT2D eigenvalue weighted by Gasteiger charge is 2.12. The van der Waals surface area contributed by atoms with Crippen molar-refractivity contribution >= 4 is 14.0 Å². The van der Waals surface area contributed by atoms with E-state index in [1.165, 1.54) is 17.7 Å². The molecule has 0 aliphatic rings. The average molecular weight is 390 g/mol. The molecule has 0 bridgehead atoms. The minimum absolute atomic E-state index is 0.207. The maximum absolute atomic E-state index is 12.3. The topological polar surface area (TPSA) is 66.8 Å². The molecule has 0 spiro atoms. The summed E-state index contributed by atoms with van der Waals surface area (Å²) in [6.07, 6.45) is 1.56. The van der Waals surface area contributed by atoms with E-state index in [4.69, 9.17) is 9.47 Å². The SMILES string of the molecule is COC(=O)c1ccn(-c2ccc(OCOCC[Si](C)(C)C)c(C)c2)c(=O)c1. The number of benzene rings is 1. The summed E-state index contributed by atoms with van der Waals surface area (Å²) in [6, 6.07) is 9.38. The van der Waals surface area contributed by atoms with Crippen molar-refractivity contribution in [3.8, 4) is 11.4 Å². The number of carbonyl (C=O) groups is 1. The first-order valence-electron chi connectivity index (χ1n) is 8.84. The maximum atomic E-state index is 12.3. The van der Waals surface area contributed by atoms with Gasteiger partial charge in [0, 0.05) is 32.6 Å². The molecule has 2 rings (SSSR count). The van der Waals surface area contributed by atoms with Crippen molar-refractivity contribution < 1.29 is 19.0 Å². The van der Waals surface area contributed by atoms with Gasteiger partial charge in [-0.15, -0.1) is 0 Å². The first-order valence-corrected chi connectivity index (χ1v) is 12.5. The van der Waals surface area contributed by atoms with E-state index in [-0.39, 0.29) is 17.9 Å². The zero-order valence-corrected chi connectivity index (χ0v) is 17.6. The zero-order chi connectivity index (χ0) is 20.0. The van der Waals surface area contributed by atoms with Gasteiger partial charge in [0.1, 0.15) is 5.75 Å². The Labute approximate surface area is 160 Å². The lowest BCUT2D eigenvalue weighted by atomic mass is 10.2. The minimum atomic E-state index is -1.10. The van der Waals surface area contributed by atoms with Crippen LogP contribution in [0.2, 0.25) is 25.7 Å². The molecule has 6 nitrogen and oxygen atoms in total. The number of aryl methyl sites for hydroxylation is 1. The van der Waals surface area contributed by atoms with E-state index >= 15 is 0 Å². The second-order valence-corrected chi connectivity index (χ2v) is 13.2. The summed E-state index contributed by atoms with van der Waals surface area (Å²) in [6.45, 7) is 9.74. The van der Waals surface area contributed by atoms with Crippen molar-refractivity contribution in [2.75, 3.05) is 20.5 Å². The Balaban J connectivity index is 2.04. The second kappa shape index (κ2) is 9.01. The fraction of sp³-hybridized carbons (Fsp3) is 0.400. The van der Waals surface area contributed by atoms with Gasteiger partial charge >= 0.3 is 5.97 Å². The van der Waals surface area contributed by atoms with E-state index in [1.54, 1.807) is 18.3 Å². The highest BCUT2D eigenvalue weighted by molar-refractivity contribution is 6.76. The summed E-state index contributed by atoms with van der Waals surface area (Å²) in [7, 11) is 0.179. The molecule has 1 aromatic heterocycles. The van der Waals surface area contributed by atoms with Crippen LogP contribution in [0.4, 0.5) is 0 Å². The lowest BCUT2D eigenvalue weighted by Crippen LogP contribution is -2.22. The minimum Gasteiger partial charge on any atom is -0.467 e. The fourth-order valence-corrected chi connectivity index (χ4v) is 3.18. The van der Waals surface area contributed by atoms with Gasteiger partial charge in [-0.05, 0) is 42.8 Å². The second-order valence-electron chi connectivity index (χ2n) is 7.55. The van der Waals surface area contributed by atoms with E-state index < -0.39 is 14.0 Å². The van der Waals surface area contributed by atoms with Gasteiger partial charge < -0.3 is 14.2 Å². The van der Waals surface area contributed by atoms with Crippen molar-refractivity contribution in [1.82, 2.24) is 4.57 Å². The Bertz CT molecular complexity index is 854. The first-order chi connectivity index (χ1) is 12.7. The van der Waals surface area contributed by atoms with Crippen LogP contribution in [0, 0.1) is 6.92 Å². The molecule has 146 valence electrons. The van der Waals surface area contributed by atoms with Crippen LogP contribution in [-0.2, 0) is 9.47 Å². The number of ether oxygens (including phenoxy) is 3. The number of hydrogen-bond donors (Lipinski definition) is 0. The van der Waals surface area contributed by atoms with Crippen molar-refractivity contribution in [1.29, 1.82) is 0 Å². The molecule has 0 amide bonds. The number of pyridine rings is 1. The Kier molecular flexibility index (Phi) is 6.98. The molecule has 2 aromatic rings. The average Bonchev–Trinajstić information content (AvgIpc) is 2.61. The van der Waals surface area contributed by atoms with Crippen LogP contribution >= 0.6 is 0 Å². The highest BCUT2D eigenvalue weighted by atomic mass is 28.3. The monoisotopic (exact) mass is 389 g/mol. The normalized spacial score (nSPS) is 11.3. The van der Waals surface area contributed by atoms with Crippen LogP contribution in [0.15, 0.2) is 41.3 Å². The Morgan fingerprint density at radius 2 is 1.89 bits per heavy atom. The third-order valence-corrected chi connectivity index (χ3v) is 5.78. The fourth-order valence-electron chi connectivity index (χ4n) is 2.42. The van der Waals surface area contributed by atoms with Gasteiger partial charge in [0.15, 0.2) is 6.79 Å². The molecule has 1 aromatic carbocycles. The van der Waals surface area contributed by atoms with Crippen LogP contribution in [0.1, 0.15) is 15.9 Å². The molecule has 27 heavy (non-hydrogen) atoms. The standard InChI is InChI=1S/C20H27NO5Si/c1-15-12-17(21-9-8-16(13-19(21)22)20(23)24-2)6-7-18(15)26-14-25-10-11-27(3,4)5/h6-9,12-13H,10-11,14H2,1-5H3. The van der Waals surface area contributed by atoms with Gasteiger partial charge in [0.2, 0.25) is 0 Å². The number of hydrogen-bond acceptors (Lipinski definition) is 5. The molecule has 0 atom stereocenters. The highest BCUT2D eigenvalue weighted by Crippen LogP contribution is 2.21. The van der Waals surface area contributed by atoms with E-state index in [1.807, 2.05) is 19.1 Å². The summed E-state index contributed by atoms with van der Waals surface area (Å²) in [5.41, 5.74) is 1.51. The van der Waals surface area contributed by atoms with Gasteiger partial charge in [0.25, 0.3) is 5.56 Å². The van der Waals surface area contributed by atoms with Crippen LogP contribution in [-0.4, -0.2) is 39.1 Å². The van der Waals surface area contributed by atoms with E-state index in [0.29, 0.717) is 18.0 Å². The molecule has 7 heteroatoms. The molecule has 0 radical (unpaired) electrons. The number of methoxy groups -OCH3 is 1. The van der Waals surface area contributed by atoms with Gasteiger partial charge in [-0.3, -0.25) is 9.36 Å². The van der Waals surface area contributed by atoms with Gasteiger partial charge in [-0.25, -0.2) is 4.79 Å². The number of aromatic nitrogens is 1. The summed E-state index contributed by atoms with van der Waals surface area (Å²) in [5.74, 6) is 0.180. The predicted octanol–water partition coefficient (Wildman–Crippen LogP) is 3.62. The zero-order valence-electron chi connectivity index (χ0n) is 16.6. The van der Waals surface area contributed by atoms with Crippen molar-refractivity contribution in [2.45, 2.75) is 32.6 Å². The quantitative estimate of drug-likeness (QED) is 0.299. The molecular weight excluding hydrogens is 362 g/mol. The molecule has 0 unspecified atom stereocenters. The summed E-state index contributed by atoms with van der Waals surface area (Å²) >= 11 is 0. The molecule has 0 saturated heterocycles. The molecule has 0 aliphatic carbocycles. The lowest BCUT2D eigenvalue weighted by molar-refractivity contribution is 0.0216. The van der Waals surface area contributed by atoms with Gasteiger partial charge in [0.05, 0.1) is 12.7 Å². The number of rotatable bonds is 8. The molecule has 1 heterocycles. The van der Waals surface area contributed by atoms with Crippen molar-refractivity contribution in [3.05, 3.63) is 58.0 Å². The van der Waals surface area contributed by atoms with Crippen LogP contribution in [0.25, 0.3) is 5.69 Å². The van der Waals surface area contributed by atoms with Gasteiger partial charge in [-0.2, -0.15) is 0 Å². The number of carbonyl (C=O) groups excluding carboxylic acids is 1. The first kappa shape index (κ1) is 20.9. The molecule has 0 N–H and O–H groups in total. The Morgan fingerprint density at radius 3 is 2.48 bits per heavy atom. The number of esters is 1. The molecule has 0 saturated carbocycles. The number of nitrogens with zero attached hydrogens (tertiary/aromatic N) is 1. The smallest absolute Gasteiger partial charge is 0.338 e. The summed E-state index contributed by atoms with van der Waals surface area (Å²) < 4.78 is 17.3. The molecular formula is C20H27NO5Si. The van der Waals surface area contributed by atoms with Gasteiger partial charge in [-0.1, -0.05) is 19.6 Å². The third-order valence-electron chi connectivity index (χ3n) is 4.07. The van der Waals surface area contributed by atoms with Crippen molar-refractivity contribution in [2.24, 2.45) is 0 Å². The Morgan fingerprint density at radius 1 is 1.15 bits per heavy atom. The third kappa shape index (κ3) is 6.08. The largest absolute Gasteiger partial charge is 0.467 e. The maximum Gasteiger partial charge on any atom is 0.338 e. The van der Waals surface area contributed by atoms with E-state index in [0.717, 1.165) is 11.6 Å². The summed E-state index contributed by atoms with van der Waals surface area (Å²) in [5, 5.41) is 0. The van der Waals surface area contributed by atoms with Crippen LogP contribution < -0.4 is 10.3 Å². The van der Waals surface area contributed by atoms with Crippen LogP contribution in [0.5, 0.6) is 5.75 Å². The van der Waals surface area contributed by atoms with Crippen LogP contribution in [0.3, 0.4) is 0 Å². The Hall–Kier alpha value is -2.38. The van der Waals surface area contributed by atoms with Crippen molar-refractivity contribution in [3.63, 3.8) is 0 Å². The molecule has 0 fully saturated rings. The predicted molar refractivity (Wildman–Crippen MR) is 108 cm³/mol.